The minimum Gasteiger partial charge on any atom is -0.455 e. The highest BCUT2D eigenvalue weighted by atomic mass is 32.1. The van der Waals surface area contributed by atoms with E-state index < -0.39 is 0 Å². The second kappa shape index (κ2) is 12.9. The third kappa shape index (κ3) is 4.68. The highest BCUT2D eigenvalue weighted by Gasteiger charge is 2.23. The van der Waals surface area contributed by atoms with Crippen molar-refractivity contribution in [2.75, 3.05) is 0 Å². The molecule has 15 aromatic rings. The van der Waals surface area contributed by atoms with Crippen molar-refractivity contribution in [2.24, 2.45) is 0 Å². The van der Waals surface area contributed by atoms with E-state index in [-0.39, 0.29) is 0 Å². The Labute approximate surface area is 373 Å². The molecule has 2 nitrogen and oxygen atoms in total. The van der Waals surface area contributed by atoms with Crippen molar-refractivity contribution in [3.63, 3.8) is 0 Å². The van der Waals surface area contributed by atoms with E-state index in [0.717, 1.165) is 55.4 Å². The van der Waals surface area contributed by atoms with Gasteiger partial charge in [0, 0.05) is 73.0 Å². The molecule has 296 valence electrons. The molecular weight excluding hydrogens is 817 g/mol. The molecule has 0 radical (unpaired) electrons. The monoisotopic (exact) mass is 848 g/mol. The summed E-state index contributed by atoms with van der Waals surface area (Å²) in [6, 6.07) is 71.1. The van der Waals surface area contributed by atoms with Crippen molar-refractivity contribution in [1.29, 1.82) is 0 Å². The Kier molecular flexibility index (Phi) is 7.01. The molecule has 0 unspecified atom stereocenters. The zero-order valence-electron chi connectivity index (χ0n) is 34.1. The number of benzene rings is 11. The molecule has 0 saturated carbocycles. The molecule has 0 atom stereocenters. The van der Waals surface area contributed by atoms with Gasteiger partial charge >= 0.3 is 0 Å². The van der Waals surface area contributed by atoms with Gasteiger partial charge in [-0.15, -0.1) is 22.7 Å². The molecule has 0 amide bonds. The quantitative estimate of drug-likeness (QED) is 0.166. The molecule has 0 fully saturated rings. The Morgan fingerprint density at radius 1 is 0.266 bits per heavy atom. The number of rotatable bonds is 3. The fourth-order valence-corrected chi connectivity index (χ4v) is 13.2. The van der Waals surface area contributed by atoms with Gasteiger partial charge in [0.1, 0.15) is 22.3 Å². The van der Waals surface area contributed by atoms with Gasteiger partial charge in [0.25, 0.3) is 0 Å². The Morgan fingerprint density at radius 2 is 0.688 bits per heavy atom. The summed E-state index contributed by atoms with van der Waals surface area (Å²) in [5.74, 6) is 0. The van der Waals surface area contributed by atoms with E-state index in [4.69, 9.17) is 8.83 Å². The summed E-state index contributed by atoms with van der Waals surface area (Å²) in [6.45, 7) is 0. The number of para-hydroxylation sites is 2. The maximum atomic E-state index is 6.99. The van der Waals surface area contributed by atoms with Crippen LogP contribution < -0.4 is 0 Å². The standard InChI is InChI=1S/C60H32O2S2/c1-2-14-34-33(12-1)13-7-19-37(34)54-38-20-8-17-35(40-22-10-24-44-55-48(61-59(40)44)28-30-52-57(55)42-15-3-5-26-50(42)63-52)46(38)32-47-36(18-9-21-39(47)54)41-23-11-25-45-56-49(62-60(41)45)29-31-53-58(56)43-16-4-6-27-51(43)64-53/h1-32H. The molecular formula is C60H32O2S2. The number of hydrogen-bond acceptors (Lipinski definition) is 4. The second-order valence-electron chi connectivity index (χ2n) is 17.0. The first-order chi connectivity index (χ1) is 31.7. The first-order valence-corrected chi connectivity index (χ1v) is 23.4. The van der Waals surface area contributed by atoms with Crippen LogP contribution in [-0.2, 0) is 0 Å². The molecule has 0 spiro atoms. The summed E-state index contributed by atoms with van der Waals surface area (Å²) >= 11 is 3.69. The normalized spacial score (nSPS) is 12.4. The van der Waals surface area contributed by atoms with Crippen LogP contribution in [0.25, 0.3) is 150 Å². The summed E-state index contributed by atoms with van der Waals surface area (Å²) in [4.78, 5) is 0. The lowest BCUT2D eigenvalue weighted by molar-refractivity contribution is 0.670. The third-order valence-corrected chi connectivity index (χ3v) is 16.0. The smallest absolute Gasteiger partial charge is 0.143 e. The van der Waals surface area contributed by atoms with Gasteiger partial charge in [-0.3, -0.25) is 0 Å². The Hall–Kier alpha value is -7.76. The molecule has 11 aromatic carbocycles. The average Bonchev–Trinajstić information content (AvgIpc) is 4.12. The number of thiophene rings is 2. The van der Waals surface area contributed by atoms with Crippen molar-refractivity contribution in [3.05, 3.63) is 194 Å². The van der Waals surface area contributed by atoms with E-state index in [2.05, 4.69) is 194 Å². The van der Waals surface area contributed by atoms with Crippen LogP contribution in [0.5, 0.6) is 0 Å². The maximum Gasteiger partial charge on any atom is 0.143 e. The lowest BCUT2D eigenvalue weighted by Crippen LogP contribution is -1.92. The molecule has 0 saturated heterocycles. The number of hydrogen-bond donors (Lipinski definition) is 0. The molecule has 0 aliphatic carbocycles. The van der Waals surface area contributed by atoms with Crippen LogP contribution in [0.4, 0.5) is 0 Å². The van der Waals surface area contributed by atoms with Gasteiger partial charge in [-0.05, 0) is 97.0 Å². The fraction of sp³-hybridized carbons (Fsp3) is 0. The zero-order valence-corrected chi connectivity index (χ0v) is 35.7. The Balaban J connectivity index is 1.06. The zero-order chi connectivity index (χ0) is 41.6. The molecule has 4 aromatic heterocycles. The van der Waals surface area contributed by atoms with Crippen molar-refractivity contribution in [2.45, 2.75) is 0 Å². The first-order valence-electron chi connectivity index (χ1n) is 21.7. The molecule has 0 N–H and O–H groups in total. The van der Waals surface area contributed by atoms with Gasteiger partial charge in [0.15, 0.2) is 0 Å². The predicted molar refractivity (Wildman–Crippen MR) is 276 cm³/mol. The van der Waals surface area contributed by atoms with Gasteiger partial charge in [-0.25, -0.2) is 0 Å². The lowest BCUT2D eigenvalue weighted by atomic mass is 9.84. The van der Waals surface area contributed by atoms with Crippen LogP contribution in [0.15, 0.2) is 203 Å². The van der Waals surface area contributed by atoms with Crippen LogP contribution in [-0.4, -0.2) is 0 Å². The van der Waals surface area contributed by atoms with Crippen LogP contribution >= 0.6 is 22.7 Å². The summed E-state index contributed by atoms with van der Waals surface area (Å²) in [5, 5.41) is 16.9. The Bertz CT molecular complexity index is 4250. The molecule has 4 heteroatoms. The van der Waals surface area contributed by atoms with Crippen molar-refractivity contribution < 1.29 is 8.83 Å². The minimum absolute atomic E-state index is 0.909. The minimum atomic E-state index is 0.909. The molecule has 4 heterocycles. The van der Waals surface area contributed by atoms with Crippen LogP contribution in [0.3, 0.4) is 0 Å². The van der Waals surface area contributed by atoms with Gasteiger partial charge in [-0.1, -0.05) is 152 Å². The van der Waals surface area contributed by atoms with E-state index in [1.807, 2.05) is 22.7 Å². The van der Waals surface area contributed by atoms with E-state index >= 15 is 0 Å². The maximum absolute atomic E-state index is 6.99. The molecule has 0 bridgehead atoms. The van der Waals surface area contributed by atoms with Gasteiger partial charge in [0.05, 0.1) is 0 Å². The number of fused-ring (bicyclic) bond motifs is 17. The topological polar surface area (TPSA) is 26.3 Å². The van der Waals surface area contributed by atoms with Crippen LogP contribution in [0.2, 0.25) is 0 Å². The lowest BCUT2D eigenvalue weighted by Gasteiger charge is -2.18. The van der Waals surface area contributed by atoms with Gasteiger partial charge in [0.2, 0.25) is 0 Å². The van der Waals surface area contributed by atoms with E-state index in [9.17, 15) is 0 Å². The highest BCUT2D eigenvalue weighted by Crippen LogP contribution is 2.50. The van der Waals surface area contributed by atoms with Crippen LogP contribution in [0, 0.1) is 0 Å². The van der Waals surface area contributed by atoms with Crippen molar-refractivity contribution in [3.8, 4) is 33.4 Å². The highest BCUT2D eigenvalue weighted by molar-refractivity contribution is 7.26. The SMILES string of the molecule is c1ccc2c(-c3c4cccc(-c5cccc6c5oc5ccc7sc8ccccc8c7c56)c4cc4c(-c5cccc6c5oc5ccc7sc8ccccc8c7c56)cccc34)cccc2c1. The van der Waals surface area contributed by atoms with E-state index in [1.54, 1.807) is 0 Å². The average molecular weight is 849 g/mol. The second-order valence-corrected chi connectivity index (χ2v) is 19.1. The summed E-state index contributed by atoms with van der Waals surface area (Å²) in [7, 11) is 0. The first kappa shape index (κ1) is 34.8. The van der Waals surface area contributed by atoms with Crippen LogP contribution in [0.1, 0.15) is 0 Å². The summed E-state index contributed by atoms with van der Waals surface area (Å²) in [6.07, 6.45) is 0. The van der Waals surface area contributed by atoms with E-state index in [1.165, 1.54) is 94.6 Å². The van der Waals surface area contributed by atoms with Crippen molar-refractivity contribution >= 4 is 139 Å². The largest absolute Gasteiger partial charge is 0.455 e. The molecule has 64 heavy (non-hydrogen) atoms. The van der Waals surface area contributed by atoms with E-state index in [0.29, 0.717) is 0 Å². The molecule has 0 aliphatic rings. The predicted octanol–water partition coefficient (Wildman–Crippen LogP) is 18.7. The molecule has 15 rings (SSSR count). The molecule has 0 aliphatic heterocycles. The van der Waals surface area contributed by atoms with Gasteiger partial charge in [-0.2, -0.15) is 0 Å². The Morgan fingerprint density at radius 3 is 1.25 bits per heavy atom. The number of furan rings is 2. The van der Waals surface area contributed by atoms with Crippen molar-refractivity contribution in [1.82, 2.24) is 0 Å². The fourth-order valence-electron chi connectivity index (χ4n) is 11.0. The third-order valence-electron chi connectivity index (χ3n) is 13.7. The van der Waals surface area contributed by atoms with Gasteiger partial charge < -0.3 is 8.83 Å². The summed E-state index contributed by atoms with van der Waals surface area (Å²) < 4.78 is 19.1. The summed E-state index contributed by atoms with van der Waals surface area (Å²) in [5.41, 5.74) is 10.5.